The zero-order chi connectivity index (χ0) is 26.2. The Morgan fingerprint density at radius 1 is 1.08 bits per heavy atom. The molecule has 0 unspecified atom stereocenters. The highest BCUT2D eigenvalue weighted by atomic mass is 35.5. The molecule has 0 saturated carbocycles. The van der Waals surface area contributed by atoms with Crippen LogP contribution in [-0.4, -0.2) is 41.4 Å². The maximum Gasteiger partial charge on any atom is 0.328 e. The first-order valence-electron chi connectivity index (χ1n) is 10.5. The molecule has 2 heterocycles. The second-order valence-corrected chi connectivity index (χ2v) is 9.27. The Bertz CT molecular complexity index is 1270. The van der Waals surface area contributed by atoms with Gasteiger partial charge in [0.15, 0.2) is 0 Å². The van der Waals surface area contributed by atoms with Crippen LogP contribution in [0.4, 0.5) is 0 Å². The van der Waals surface area contributed by atoms with E-state index in [2.05, 4.69) is 16.0 Å². The first-order chi connectivity index (χ1) is 17.2. The summed E-state index contributed by atoms with van der Waals surface area (Å²) in [6, 6.07) is 8.18. The van der Waals surface area contributed by atoms with Crippen LogP contribution in [0.2, 0.25) is 10.0 Å². The average Bonchev–Trinajstić information content (AvgIpc) is 3.54. The van der Waals surface area contributed by atoms with Crippen molar-refractivity contribution in [2.45, 2.75) is 19.5 Å². The topological polar surface area (TPSA) is 138 Å². The van der Waals surface area contributed by atoms with E-state index >= 15 is 0 Å². The number of carbonyl (C=O) groups is 4. The van der Waals surface area contributed by atoms with E-state index in [4.69, 9.17) is 27.6 Å². The highest BCUT2D eigenvalue weighted by Gasteiger charge is 2.25. The lowest BCUT2D eigenvalue weighted by molar-refractivity contribution is -0.139. The molecule has 0 saturated heterocycles. The summed E-state index contributed by atoms with van der Waals surface area (Å²) < 4.78 is 5.18. The van der Waals surface area contributed by atoms with E-state index in [-0.39, 0.29) is 34.6 Å². The molecule has 4 N–H and O–H groups in total. The number of hydrogen-bond acceptors (Lipinski definition) is 6. The molecule has 1 aromatic carbocycles. The number of thiophene rings is 1. The first kappa shape index (κ1) is 27.0. The molecule has 188 valence electrons. The fourth-order valence-electron chi connectivity index (χ4n) is 3.04. The molecule has 3 rings (SSSR count). The van der Waals surface area contributed by atoms with E-state index in [9.17, 15) is 24.3 Å². The third-order valence-electron chi connectivity index (χ3n) is 4.86. The van der Waals surface area contributed by atoms with Crippen molar-refractivity contribution >= 4 is 64.3 Å². The van der Waals surface area contributed by atoms with Crippen molar-refractivity contribution in [3.63, 3.8) is 0 Å². The number of amides is 3. The second-order valence-electron chi connectivity index (χ2n) is 7.51. The quantitative estimate of drug-likeness (QED) is 0.282. The Labute approximate surface area is 220 Å². The number of hydrogen-bond donors (Lipinski definition) is 4. The lowest BCUT2D eigenvalue weighted by atomic mass is 10.1. The molecular formula is C24H21Cl2N3O6S. The maximum atomic E-state index is 12.8. The molecule has 0 spiro atoms. The molecule has 36 heavy (non-hydrogen) atoms. The Balaban J connectivity index is 1.62. The summed E-state index contributed by atoms with van der Waals surface area (Å²) in [6.45, 7) is 1.37. The molecule has 0 radical (unpaired) electrons. The third kappa shape index (κ3) is 7.20. The van der Waals surface area contributed by atoms with Gasteiger partial charge < -0.3 is 25.5 Å². The molecule has 0 aliphatic carbocycles. The van der Waals surface area contributed by atoms with Crippen molar-refractivity contribution < 1.29 is 28.7 Å². The molecule has 0 aliphatic rings. The van der Waals surface area contributed by atoms with E-state index in [0.717, 1.165) is 0 Å². The number of benzene rings is 1. The van der Waals surface area contributed by atoms with E-state index in [1.54, 1.807) is 42.6 Å². The number of rotatable bonds is 10. The molecule has 0 bridgehead atoms. The van der Waals surface area contributed by atoms with Crippen molar-refractivity contribution in [2.24, 2.45) is 0 Å². The van der Waals surface area contributed by atoms with Crippen LogP contribution in [-0.2, 0) is 16.1 Å². The summed E-state index contributed by atoms with van der Waals surface area (Å²) >= 11 is 13.7. The fraction of sp³-hybridized carbons (Fsp3) is 0.167. The van der Waals surface area contributed by atoms with E-state index in [1.807, 2.05) is 0 Å². The Morgan fingerprint density at radius 2 is 1.81 bits per heavy atom. The zero-order valence-electron chi connectivity index (χ0n) is 18.8. The van der Waals surface area contributed by atoms with Crippen molar-refractivity contribution in [1.82, 2.24) is 16.0 Å². The van der Waals surface area contributed by atoms with Crippen LogP contribution < -0.4 is 16.0 Å². The monoisotopic (exact) mass is 549 g/mol. The summed E-state index contributed by atoms with van der Waals surface area (Å²) in [4.78, 5) is 49.2. The van der Waals surface area contributed by atoms with E-state index in [0.29, 0.717) is 21.8 Å². The van der Waals surface area contributed by atoms with Gasteiger partial charge in [0.05, 0.1) is 26.7 Å². The fourth-order valence-corrected chi connectivity index (χ4v) is 4.38. The number of nitrogens with one attached hydrogen (secondary N) is 3. The molecule has 0 fully saturated rings. The minimum Gasteiger partial charge on any atom is -0.480 e. The maximum absolute atomic E-state index is 12.8. The molecule has 2 aromatic heterocycles. The van der Waals surface area contributed by atoms with Crippen molar-refractivity contribution in [2.75, 3.05) is 6.54 Å². The van der Waals surface area contributed by atoms with E-state index < -0.39 is 23.8 Å². The lowest BCUT2D eigenvalue weighted by Gasteiger charge is -2.17. The van der Waals surface area contributed by atoms with Gasteiger partial charge in [-0.3, -0.25) is 14.4 Å². The molecule has 0 aliphatic heterocycles. The second kappa shape index (κ2) is 12.4. The lowest BCUT2D eigenvalue weighted by Crippen LogP contribution is -2.48. The van der Waals surface area contributed by atoms with Crippen LogP contribution in [0, 0.1) is 0 Å². The average molecular weight is 550 g/mol. The third-order valence-corrected chi connectivity index (χ3v) is 6.32. The van der Waals surface area contributed by atoms with Gasteiger partial charge in [0.2, 0.25) is 5.91 Å². The Kier molecular flexibility index (Phi) is 9.29. The van der Waals surface area contributed by atoms with Crippen LogP contribution in [0.3, 0.4) is 0 Å². The van der Waals surface area contributed by atoms with Crippen LogP contribution in [0.25, 0.3) is 6.08 Å². The molecular weight excluding hydrogens is 529 g/mol. The number of halogens is 2. The minimum atomic E-state index is -1.42. The van der Waals surface area contributed by atoms with Gasteiger partial charge in [0.1, 0.15) is 11.8 Å². The number of carbonyl (C=O) groups excluding carboxylic acids is 3. The van der Waals surface area contributed by atoms with Crippen LogP contribution >= 0.6 is 34.5 Å². The Hall–Kier alpha value is -3.60. The normalized spacial score (nSPS) is 12.0. The number of furan rings is 1. The van der Waals surface area contributed by atoms with Gasteiger partial charge >= 0.3 is 5.97 Å². The predicted molar refractivity (Wildman–Crippen MR) is 136 cm³/mol. The number of carboxylic acids is 1. The van der Waals surface area contributed by atoms with Gasteiger partial charge in [0, 0.05) is 18.7 Å². The van der Waals surface area contributed by atoms with Crippen molar-refractivity contribution in [1.29, 1.82) is 0 Å². The highest BCUT2D eigenvalue weighted by molar-refractivity contribution is 7.12. The summed E-state index contributed by atoms with van der Waals surface area (Å²) in [5, 5.41) is 18.6. The molecule has 12 heteroatoms. The summed E-state index contributed by atoms with van der Waals surface area (Å²) in [7, 11) is 0. The van der Waals surface area contributed by atoms with Gasteiger partial charge in [-0.1, -0.05) is 29.3 Å². The van der Waals surface area contributed by atoms with E-state index in [1.165, 1.54) is 29.7 Å². The zero-order valence-corrected chi connectivity index (χ0v) is 21.2. The molecule has 3 amide bonds. The van der Waals surface area contributed by atoms with Crippen LogP contribution in [0.5, 0.6) is 0 Å². The minimum absolute atomic E-state index is 0.0288. The van der Waals surface area contributed by atoms with Crippen molar-refractivity contribution in [3.8, 4) is 0 Å². The largest absolute Gasteiger partial charge is 0.480 e. The SMILES string of the molecule is CC(=Cc1ccco1)C(=O)NCc1cc(Cl)c(C(=O)N[C@@H](CNC(=O)c2cccs2)C(=O)O)c(Cl)c1. The van der Waals surface area contributed by atoms with Gasteiger partial charge in [-0.2, -0.15) is 0 Å². The van der Waals surface area contributed by atoms with Gasteiger partial charge in [-0.25, -0.2) is 4.79 Å². The van der Waals surface area contributed by atoms with Crippen molar-refractivity contribution in [3.05, 3.63) is 85.4 Å². The number of aliphatic carboxylic acids is 1. The number of carboxylic acid groups (broad SMARTS) is 1. The van der Waals surface area contributed by atoms with Crippen LogP contribution in [0.1, 0.15) is 38.3 Å². The van der Waals surface area contributed by atoms with Gasteiger partial charge in [-0.15, -0.1) is 11.3 Å². The molecule has 1 atom stereocenters. The standard InChI is InChI=1S/C24H21Cl2N3O6S/c1-13(8-15-4-2-6-35-15)21(30)27-11-14-9-16(25)20(17(26)10-14)23(32)29-18(24(33)34)12-28-22(31)19-5-3-7-36-19/h2-10,18H,11-12H2,1H3,(H,27,30)(H,28,31)(H,29,32)(H,33,34)/t18-/m0/s1. The summed E-state index contributed by atoms with van der Waals surface area (Å²) in [5.41, 5.74) is 0.820. The molecule has 3 aromatic rings. The van der Waals surface area contributed by atoms with Crippen LogP contribution in [0.15, 0.2) is 58.0 Å². The predicted octanol–water partition coefficient (Wildman–Crippen LogP) is 3.98. The molecule has 9 nitrogen and oxygen atoms in total. The first-order valence-corrected chi connectivity index (χ1v) is 12.1. The van der Waals surface area contributed by atoms with Gasteiger partial charge in [-0.05, 0) is 54.3 Å². The smallest absolute Gasteiger partial charge is 0.328 e. The Morgan fingerprint density at radius 3 is 2.39 bits per heavy atom. The summed E-state index contributed by atoms with van der Waals surface area (Å²) in [6.07, 6.45) is 3.09. The van der Waals surface area contributed by atoms with Gasteiger partial charge in [0.25, 0.3) is 11.8 Å². The summed E-state index contributed by atoms with van der Waals surface area (Å²) in [5.74, 6) is -2.43. The highest BCUT2D eigenvalue weighted by Crippen LogP contribution is 2.27.